The Labute approximate surface area is 448 Å². The molecule has 3 heterocycles. The maximum Gasteiger partial charge on any atom is 0.264 e. The largest absolute Gasteiger partial charge is 0.311 e. The lowest BCUT2D eigenvalue weighted by molar-refractivity contribution is 0.590. The third-order valence-electron chi connectivity index (χ3n) is 16.5. The average molecular weight is 989 g/mol. The molecule has 2 aliphatic rings. The minimum Gasteiger partial charge on any atom is -0.311 e. The molecule has 2 aliphatic heterocycles. The van der Waals surface area contributed by atoms with Gasteiger partial charge in [0.15, 0.2) is 0 Å². The van der Waals surface area contributed by atoms with Crippen molar-refractivity contribution in [1.29, 1.82) is 0 Å². The summed E-state index contributed by atoms with van der Waals surface area (Å²) in [6.07, 6.45) is 0. The van der Waals surface area contributed by atoms with Crippen LogP contribution in [0.15, 0.2) is 188 Å². The topological polar surface area (TPSA) is 6.48 Å². The van der Waals surface area contributed by atoms with E-state index in [1.54, 1.807) is 0 Å². The molecule has 2 nitrogen and oxygen atoms in total. The third kappa shape index (κ3) is 7.57. The molecule has 0 radical (unpaired) electrons. The Bertz CT molecular complexity index is 4070. The Hall–Kier alpha value is -7.40. The first-order valence-corrected chi connectivity index (χ1v) is 27.9. The summed E-state index contributed by atoms with van der Waals surface area (Å²) >= 11 is 1.99. The molecular formula is C71H65BN2S. The second kappa shape index (κ2) is 17.1. The van der Waals surface area contributed by atoms with E-state index in [1.807, 2.05) is 11.3 Å². The Balaban J connectivity index is 1.15. The number of nitrogens with zero attached hydrogens (tertiary/aromatic N) is 2. The predicted octanol–water partition coefficient (Wildman–Crippen LogP) is 18.8. The number of hydrogen-bond donors (Lipinski definition) is 0. The van der Waals surface area contributed by atoms with Gasteiger partial charge < -0.3 is 9.80 Å². The van der Waals surface area contributed by atoms with Crippen molar-refractivity contribution in [2.24, 2.45) is 0 Å². The first kappa shape index (κ1) is 47.3. The molecule has 4 heteroatoms. The van der Waals surface area contributed by atoms with Gasteiger partial charge in [-0.25, -0.2) is 0 Å². The number of hydrogen-bond acceptors (Lipinski definition) is 3. The van der Waals surface area contributed by atoms with Gasteiger partial charge in [0, 0.05) is 43.2 Å². The van der Waals surface area contributed by atoms with E-state index in [0.717, 1.165) is 0 Å². The van der Waals surface area contributed by atoms with Crippen LogP contribution in [-0.2, 0) is 16.2 Å². The zero-order valence-electron chi connectivity index (χ0n) is 45.4. The molecule has 0 atom stereocenters. The van der Waals surface area contributed by atoms with Crippen molar-refractivity contribution < 1.29 is 0 Å². The van der Waals surface area contributed by atoms with E-state index in [0.29, 0.717) is 5.92 Å². The first-order chi connectivity index (χ1) is 35.9. The van der Waals surface area contributed by atoms with Crippen molar-refractivity contribution in [1.82, 2.24) is 0 Å². The van der Waals surface area contributed by atoms with Crippen LogP contribution in [0.4, 0.5) is 34.1 Å². The van der Waals surface area contributed by atoms with E-state index in [4.69, 9.17) is 0 Å². The smallest absolute Gasteiger partial charge is 0.264 e. The second-order valence-corrected chi connectivity index (χ2v) is 25.8. The van der Waals surface area contributed by atoms with Crippen LogP contribution in [0.5, 0.6) is 0 Å². The lowest BCUT2D eigenvalue weighted by Crippen LogP contribution is -2.60. The highest BCUT2D eigenvalue weighted by molar-refractivity contribution is 7.33. The highest BCUT2D eigenvalue weighted by atomic mass is 32.1. The number of benzene rings is 10. The van der Waals surface area contributed by atoms with E-state index in [1.165, 1.54) is 137 Å². The van der Waals surface area contributed by atoms with Crippen molar-refractivity contribution in [3.63, 3.8) is 0 Å². The van der Waals surface area contributed by atoms with E-state index >= 15 is 0 Å². The van der Waals surface area contributed by atoms with Gasteiger partial charge in [-0.3, -0.25) is 0 Å². The molecule has 11 aromatic rings. The van der Waals surface area contributed by atoms with Gasteiger partial charge in [-0.2, -0.15) is 0 Å². The summed E-state index contributed by atoms with van der Waals surface area (Å²) < 4.78 is 2.72. The summed E-state index contributed by atoms with van der Waals surface area (Å²) in [5, 5.41) is 9.03. The van der Waals surface area contributed by atoms with Crippen molar-refractivity contribution >= 4 is 110 Å². The molecule has 0 aliphatic carbocycles. The van der Waals surface area contributed by atoms with Crippen LogP contribution >= 0.6 is 11.3 Å². The van der Waals surface area contributed by atoms with Crippen LogP contribution in [0.1, 0.15) is 104 Å². The fraction of sp³-hybridized carbons (Fsp3) is 0.211. The molecule has 75 heavy (non-hydrogen) atoms. The Kier molecular flexibility index (Phi) is 10.8. The third-order valence-corrected chi connectivity index (χ3v) is 17.7. The molecule has 0 amide bonds. The van der Waals surface area contributed by atoms with E-state index < -0.39 is 0 Å². The minimum absolute atomic E-state index is 0.00788. The van der Waals surface area contributed by atoms with Gasteiger partial charge in [-0.1, -0.05) is 204 Å². The molecule has 0 N–H and O–H groups in total. The van der Waals surface area contributed by atoms with Gasteiger partial charge in [-0.05, 0) is 165 Å². The fourth-order valence-electron chi connectivity index (χ4n) is 12.4. The Morgan fingerprint density at radius 3 is 1.63 bits per heavy atom. The second-order valence-electron chi connectivity index (χ2n) is 24.7. The monoisotopic (exact) mass is 988 g/mol. The van der Waals surface area contributed by atoms with Crippen LogP contribution in [0.3, 0.4) is 0 Å². The maximum absolute atomic E-state index is 2.66. The Morgan fingerprint density at radius 1 is 0.413 bits per heavy atom. The standard InChI is InChI=1S/C71H65BN2S/c1-43(2)44-28-33-49(34-29-44)73-62-26-19-27-63-66(62)72(68-67(73)58-40-48(70(6,7)8)32-37-65(58)75-68)60-42-59(71(9,10)11)55(45-20-13-12-14-21-45)41-64(60)74(63)61-36-31-47(69(3,4)5)39-56(61)46-30-35-54-52-24-16-15-22-50(52)51-23-17-18-25-53(51)57(54)38-46/h12-43H,1-11H3. The van der Waals surface area contributed by atoms with Crippen molar-refractivity contribution in [2.75, 3.05) is 9.80 Å². The summed E-state index contributed by atoms with van der Waals surface area (Å²) in [6, 6.07) is 72.6. The normalized spacial score (nSPS) is 13.6. The fourth-order valence-corrected chi connectivity index (χ4v) is 13.7. The van der Waals surface area contributed by atoms with Crippen LogP contribution < -0.4 is 25.5 Å². The lowest BCUT2D eigenvalue weighted by Gasteiger charge is -2.44. The molecule has 0 unspecified atom stereocenters. The molecule has 368 valence electrons. The van der Waals surface area contributed by atoms with Gasteiger partial charge in [0.1, 0.15) is 0 Å². The average Bonchev–Trinajstić information content (AvgIpc) is 3.81. The summed E-state index contributed by atoms with van der Waals surface area (Å²) in [5.74, 6) is 0.434. The van der Waals surface area contributed by atoms with Crippen molar-refractivity contribution in [3.05, 3.63) is 210 Å². The van der Waals surface area contributed by atoms with Crippen LogP contribution in [0, 0.1) is 0 Å². The zero-order valence-corrected chi connectivity index (χ0v) is 46.2. The van der Waals surface area contributed by atoms with Crippen molar-refractivity contribution in [2.45, 2.75) is 98.3 Å². The number of fused-ring (bicyclic) bond motifs is 12. The molecule has 10 aromatic carbocycles. The quantitative estimate of drug-likeness (QED) is 0.125. The molecule has 0 bridgehead atoms. The molecule has 0 fully saturated rings. The molecular weight excluding hydrogens is 924 g/mol. The van der Waals surface area contributed by atoms with Gasteiger partial charge in [0.05, 0.1) is 11.4 Å². The zero-order chi connectivity index (χ0) is 51.9. The molecule has 0 saturated carbocycles. The van der Waals surface area contributed by atoms with E-state index in [9.17, 15) is 0 Å². The van der Waals surface area contributed by atoms with Gasteiger partial charge >= 0.3 is 0 Å². The molecule has 0 spiro atoms. The highest BCUT2D eigenvalue weighted by Gasteiger charge is 2.46. The highest BCUT2D eigenvalue weighted by Crippen LogP contribution is 2.52. The van der Waals surface area contributed by atoms with Crippen LogP contribution in [0.2, 0.25) is 0 Å². The summed E-state index contributed by atoms with van der Waals surface area (Å²) in [5.41, 5.74) is 20.1. The van der Waals surface area contributed by atoms with Gasteiger partial charge in [0.25, 0.3) is 6.71 Å². The maximum atomic E-state index is 2.66. The van der Waals surface area contributed by atoms with Crippen LogP contribution in [0.25, 0.3) is 64.7 Å². The number of thiophene rings is 1. The Morgan fingerprint density at radius 2 is 1.00 bits per heavy atom. The number of anilines is 6. The summed E-state index contributed by atoms with van der Waals surface area (Å²) in [7, 11) is 0. The molecule has 1 aromatic heterocycles. The summed E-state index contributed by atoms with van der Waals surface area (Å²) in [6.45, 7) is 25.8. The minimum atomic E-state index is -0.147. The lowest BCUT2D eigenvalue weighted by atomic mass is 9.36. The van der Waals surface area contributed by atoms with E-state index in [-0.39, 0.29) is 23.0 Å². The number of rotatable bonds is 5. The van der Waals surface area contributed by atoms with Crippen LogP contribution in [-0.4, -0.2) is 6.71 Å². The first-order valence-electron chi connectivity index (χ1n) is 27.1. The predicted molar refractivity (Wildman–Crippen MR) is 329 cm³/mol. The van der Waals surface area contributed by atoms with E-state index in [2.05, 4.69) is 274 Å². The van der Waals surface area contributed by atoms with Gasteiger partial charge in [0.2, 0.25) is 0 Å². The molecule has 0 saturated heterocycles. The molecule has 13 rings (SSSR count). The SMILES string of the molecule is CC(C)c1ccc(N2c3cccc4c3B(c3cc(C(C)(C)C)c(-c5ccccc5)cc3N4c3ccc(C(C)(C)C)cc3-c3ccc4c5ccccc5c5ccccc5c4c3)c3sc4ccc(C(C)(C)C)cc4c32)cc1. The van der Waals surface area contributed by atoms with Crippen molar-refractivity contribution in [3.8, 4) is 22.3 Å². The summed E-state index contributed by atoms with van der Waals surface area (Å²) in [4.78, 5) is 5.28. The van der Waals surface area contributed by atoms with Gasteiger partial charge in [-0.15, -0.1) is 11.3 Å².